The predicted molar refractivity (Wildman–Crippen MR) is 107 cm³/mol. The molecule has 1 aromatic rings. The van der Waals surface area contributed by atoms with E-state index in [9.17, 15) is 13.2 Å². The van der Waals surface area contributed by atoms with Crippen LogP contribution in [0.1, 0.15) is 39.5 Å². The quantitative estimate of drug-likeness (QED) is 0.835. The number of benzene rings is 1. The molecule has 6 nitrogen and oxygen atoms in total. The number of carbonyl (C=O) groups is 1. The Morgan fingerprint density at radius 1 is 1.04 bits per heavy atom. The van der Waals surface area contributed by atoms with Crippen LogP contribution in [0.2, 0.25) is 0 Å². The van der Waals surface area contributed by atoms with Gasteiger partial charge in [-0.3, -0.25) is 9.69 Å². The van der Waals surface area contributed by atoms with E-state index in [0.717, 1.165) is 44.7 Å². The largest absolute Gasteiger partial charge is 0.325 e. The molecule has 1 amide bonds. The molecule has 1 N–H and O–H groups in total. The van der Waals surface area contributed by atoms with Crippen molar-refractivity contribution in [1.82, 2.24) is 9.21 Å². The molecule has 0 aliphatic carbocycles. The molecule has 27 heavy (non-hydrogen) atoms. The number of sulfonamides is 1. The number of likely N-dealkylation sites (tertiary alicyclic amines) is 1. The number of amides is 1. The Kier molecular flexibility index (Phi) is 6.55. The van der Waals surface area contributed by atoms with E-state index in [4.69, 9.17) is 0 Å². The molecule has 0 spiro atoms. The van der Waals surface area contributed by atoms with Gasteiger partial charge in [0, 0.05) is 18.8 Å². The van der Waals surface area contributed by atoms with Gasteiger partial charge in [-0.15, -0.1) is 0 Å². The summed E-state index contributed by atoms with van der Waals surface area (Å²) in [6.45, 7) is 7.80. The Morgan fingerprint density at radius 2 is 1.70 bits per heavy atom. The fourth-order valence-corrected chi connectivity index (χ4v) is 5.45. The van der Waals surface area contributed by atoms with E-state index in [1.165, 1.54) is 0 Å². The third kappa shape index (κ3) is 5.30. The van der Waals surface area contributed by atoms with E-state index in [2.05, 4.69) is 24.1 Å². The minimum atomic E-state index is -3.46. The minimum Gasteiger partial charge on any atom is -0.325 e. The molecule has 0 saturated carbocycles. The molecule has 0 radical (unpaired) electrons. The smallest absolute Gasteiger partial charge is 0.243 e. The summed E-state index contributed by atoms with van der Waals surface area (Å²) < 4.78 is 27.2. The van der Waals surface area contributed by atoms with Crippen LogP contribution in [0.15, 0.2) is 29.2 Å². The number of hydrogen-bond acceptors (Lipinski definition) is 4. The summed E-state index contributed by atoms with van der Waals surface area (Å²) in [6.07, 6.45) is 4.25. The van der Waals surface area contributed by atoms with Gasteiger partial charge in [0.1, 0.15) is 0 Å². The second-order valence-electron chi connectivity index (χ2n) is 8.14. The van der Waals surface area contributed by atoms with Gasteiger partial charge < -0.3 is 5.32 Å². The van der Waals surface area contributed by atoms with Gasteiger partial charge in [-0.25, -0.2) is 8.42 Å². The summed E-state index contributed by atoms with van der Waals surface area (Å²) in [4.78, 5) is 14.7. The van der Waals surface area contributed by atoms with Gasteiger partial charge >= 0.3 is 0 Å². The van der Waals surface area contributed by atoms with E-state index in [1.807, 2.05) is 0 Å². The number of nitrogens with zero attached hydrogens (tertiary/aromatic N) is 2. The van der Waals surface area contributed by atoms with E-state index >= 15 is 0 Å². The minimum absolute atomic E-state index is 0.0509. The summed E-state index contributed by atoms with van der Waals surface area (Å²) >= 11 is 0. The third-order valence-electron chi connectivity index (χ3n) is 5.64. The molecule has 2 fully saturated rings. The number of carbonyl (C=O) groups excluding carboxylic acids is 1. The molecule has 150 valence electrons. The highest BCUT2D eigenvalue weighted by Gasteiger charge is 2.28. The molecule has 0 aromatic heterocycles. The standard InChI is InChI=1S/C20H31N3O3S/c1-16-9-12-22(13-10-16)15-20(24)21-18-5-7-19(8-6-18)27(25,26)23-11-3-4-17(2)14-23/h5-8,16-17H,3-4,9-15H2,1-2H3,(H,21,24)/t17-/m0/s1. The van der Waals surface area contributed by atoms with Crippen LogP contribution in [0.5, 0.6) is 0 Å². The van der Waals surface area contributed by atoms with Gasteiger partial charge in [-0.05, 0) is 74.9 Å². The molecule has 2 saturated heterocycles. The Balaban J connectivity index is 1.57. The Bertz CT molecular complexity index is 740. The predicted octanol–water partition coefficient (Wildman–Crippen LogP) is 2.78. The summed E-state index contributed by atoms with van der Waals surface area (Å²) in [6, 6.07) is 6.53. The molecule has 1 aromatic carbocycles. The highest BCUT2D eigenvalue weighted by atomic mass is 32.2. The molecule has 2 aliphatic heterocycles. The highest BCUT2D eigenvalue weighted by molar-refractivity contribution is 7.89. The number of nitrogens with one attached hydrogen (secondary N) is 1. The third-order valence-corrected chi connectivity index (χ3v) is 7.52. The van der Waals surface area contributed by atoms with Crippen molar-refractivity contribution in [2.75, 3.05) is 38.0 Å². The maximum Gasteiger partial charge on any atom is 0.243 e. The first-order valence-electron chi connectivity index (χ1n) is 9.97. The van der Waals surface area contributed by atoms with Gasteiger partial charge in [-0.1, -0.05) is 13.8 Å². The van der Waals surface area contributed by atoms with Crippen molar-refractivity contribution in [1.29, 1.82) is 0 Å². The second kappa shape index (κ2) is 8.71. The normalized spacial score (nSPS) is 23.3. The Morgan fingerprint density at radius 3 is 2.33 bits per heavy atom. The lowest BCUT2D eigenvalue weighted by molar-refractivity contribution is -0.117. The number of hydrogen-bond donors (Lipinski definition) is 1. The molecule has 0 unspecified atom stereocenters. The lowest BCUT2D eigenvalue weighted by Gasteiger charge is -2.30. The zero-order valence-corrected chi connectivity index (χ0v) is 17.2. The van der Waals surface area contributed by atoms with Gasteiger partial charge in [0.2, 0.25) is 15.9 Å². The average molecular weight is 394 g/mol. The van der Waals surface area contributed by atoms with Crippen molar-refractivity contribution in [3.63, 3.8) is 0 Å². The fraction of sp³-hybridized carbons (Fsp3) is 0.650. The summed E-state index contributed by atoms with van der Waals surface area (Å²) in [5.41, 5.74) is 0.635. The Hall–Kier alpha value is -1.44. The van der Waals surface area contributed by atoms with Crippen LogP contribution in [-0.4, -0.2) is 56.3 Å². The van der Waals surface area contributed by atoms with Crippen LogP contribution in [-0.2, 0) is 14.8 Å². The van der Waals surface area contributed by atoms with Crippen molar-refractivity contribution >= 4 is 21.6 Å². The highest BCUT2D eigenvalue weighted by Crippen LogP contribution is 2.24. The monoisotopic (exact) mass is 393 g/mol. The lowest BCUT2D eigenvalue weighted by Crippen LogP contribution is -2.39. The van der Waals surface area contributed by atoms with Crippen LogP contribution in [0.3, 0.4) is 0 Å². The van der Waals surface area contributed by atoms with E-state index in [-0.39, 0.29) is 5.91 Å². The zero-order chi connectivity index (χ0) is 19.4. The first-order chi connectivity index (χ1) is 12.8. The average Bonchev–Trinajstić information content (AvgIpc) is 2.64. The van der Waals surface area contributed by atoms with Crippen molar-refractivity contribution in [2.45, 2.75) is 44.4 Å². The second-order valence-corrected chi connectivity index (χ2v) is 10.1. The van der Waals surface area contributed by atoms with Crippen molar-refractivity contribution < 1.29 is 13.2 Å². The van der Waals surface area contributed by atoms with E-state index in [1.54, 1.807) is 28.6 Å². The summed E-state index contributed by atoms with van der Waals surface area (Å²) in [5, 5.41) is 2.88. The maximum absolute atomic E-state index is 12.8. The molecule has 0 bridgehead atoms. The van der Waals surface area contributed by atoms with Crippen molar-refractivity contribution in [3.8, 4) is 0 Å². The molecule has 3 rings (SSSR count). The molecule has 1 atom stereocenters. The number of piperidine rings is 2. The van der Waals surface area contributed by atoms with Crippen LogP contribution in [0.4, 0.5) is 5.69 Å². The molecular weight excluding hydrogens is 362 g/mol. The van der Waals surface area contributed by atoms with Gasteiger partial charge in [0.25, 0.3) is 0 Å². The van der Waals surface area contributed by atoms with Gasteiger partial charge in [-0.2, -0.15) is 4.31 Å². The molecular formula is C20H31N3O3S. The fourth-order valence-electron chi connectivity index (χ4n) is 3.85. The maximum atomic E-state index is 12.8. The van der Waals surface area contributed by atoms with Gasteiger partial charge in [0.05, 0.1) is 11.4 Å². The van der Waals surface area contributed by atoms with Crippen molar-refractivity contribution in [2.24, 2.45) is 11.8 Å². The van der Waals surface area contributed by atoms with Crippen LogP contribution in [0, 0.1) is 11.8 Å². The summed E-state index contributed by atoms with van der Waals surface area (Å²) in [5.74, 6) is 1.08. The first-order valence-corrected chi connectivity index (χ1v) is 11.4. The molecule has 2 heterocycles. The van der Waals surface area contributed by atoms with Crippen LogP contribution >= 0.6 is 0 Å². The first kappa shape index (κ1) is 20.3. The van der Waals surface area contributed by atoms with E-state index in [0.29, 0.717) is 36.1 Å². The number of anilines is 1. The topological polar surface area (TPSA) is 69.7 Å². The zero-order valence-electron chi connectivity index (χ0n) is 16.4. The van der Waals surface area contributed by atoms with E-state index < -0.39 is 10.0 Å². The lowest BCUT2D eigenvalue weighted by atomic mass is 9.99. The SMILES string of the molecule is CC1CCN(CC(=O)Nc2ccc(S(=O)(=O)N3CCC[C@H](C)C3)cc2)CC1. The number of rotatable bonds is 5. The van der Waals surface area contributed by atoms with Crippen LogP contribution < -0.4 is 5.32 Å². The molecule has 7 heteroatoms. The van der Waals surface area contributed by atoms with Gasteiger partial charge in [0.15, 0.2) is 0 Å². The molecule has 2 aliphatic rings. The van der Waals surface area contributed by atoms with Crippen molar-refractivity contribution in [3.05, 3.63) is 24.3 Å². The summed E-state index contributed by atoms with van der Waals surface area (Å²) in [7, 11) is -3.46. The Labute approximate surface area is 163 Å². The van der Waals surface area contributed by atoms with Crippen LogP contribution in [0.25, 0.3) is 0 Å².